The first-order valence-corrected chi connectivity index (χ1v) is 11.7. The molecule has 1 aromatic carbocycles. The van der Waals surface area contributed by atoms with Crippen molar-refractivity contribution in [3.8, 4) is 0 Å². The fourth-order valence-corrected chi connectivity index (χ4v) is 4.72. The summed E-state index contributed by atoms with van der Waals surface area (Å²) in [5, 5.41) is 2.81. The second-order valence-corrected chi connectivity index (χ2v) is 9.21. The average Bonchev–Trinajstić information content (AvgIpc) is 3.51. The largest absolute Gasteiger partial charge is 0.365 e. The maximum absolute atomic E-state index is 15.0. The Kier molecular flexibility index (Phi) is 5.25. The van der Waals surface area contributed by atoms with E-state index in [1.807, 2.05) is 4.90 Å². The third kappa shape index (κ3) is 4.14. The predicted octanol–water partition coefficient (Wildman–Crippen LogP) is 2.67. The van der Waals surface area contributed by atoms with Crippen molar-refractivity contribution in [2.24, 2.45) is 0 Å². The van der Waals surface area contributed by atoms with E-state index in [1.165, 1.54) is 6.07 Å². The molecule has 4 aromatic rings. The van der Waals surface area contributed by atoms with Gasteiger partial charge in [0, 0.05) is 45.0 Å². The van der Waals surface area contributed by atoms with Crippen LogP contribution >= 0.6 is 0 Å². The van der Waals surface area contributed by atoms with Gasteiger partial charge in [-0.05, 0) is 54.8 Å². The van der Waals surface area contributed by atoms with E-state index in [0.29, 0.717) is 55.0 Å². The normalized spacial score (nSPS) is 16.8. The summed E-state index contributed by atoms with van der Waals surface area (Å²) in [5.41, 5.74) is 2.15. The van der Waals surface area contributed by atoms with Crippen LogP contribution < -0.4 is 15.8 Å². The number of piperazine rings is 1. The van der Waals surface area contributed by atoms with Gasteiger partial charge in [-0.1, -0.05) is 0 Å². The Morgan fingerprint density at radius 1 is 1.11 bits per heavy atom. The van der Waals surface area contributed by atoms with Crippen LogP contribution in [-0.2, 0) is 6.54 Å². The number of hydrogen-bond acceptors (Lipinski definition) is 5. The summed E-state index contributed by atoms with van der Waals surface area (Å²) >= 11 is 0. The standard InChI is InChI=1S/C25H24F2N6O2/c26-17-12-15(13-19-22(17)33-7-1-2-21(33)25(35)30-19)14-31-8-10-32(11-9-31)20-6-5-18(29-23(20)27)24(34)28-16-3-4-16/h1-2,5-7,12-13,16H,3-4,8-11,14H2,(H,28,34)(H,30,35). The number of pyridine rings is 1. The maximum Gasteiger partial charge on any atom is 0.272 e. The van der Waals surface area contributed by atoms with Gasteiger partial charge in [-0.3, -0.25) is 14.5 Å². The average molecular weight is 479 g/mol. The van der Waals surface area contributed by atoms with Crippen molar-refractivity contribution < 1.29 is 13.6 Å². The molecule has 0 radical (unpaired) electrons. The van der Waals surface area contributed by atoms with Crippen LogP contribution in [0, 0.1) is 11.8 Å². The molecule has 0 atom stereocenters. The first-order valence-electron chi connectivity index (χ1n) is 11.7. The molecule has 1 saturated heterocycles. The number of benzene rings is 1. The van der Waals surface area contributed by atoms with Crippen LogP contribution in [0.15, 0.2) is 47.4 Å². The van der Waals surface area contributed by atoms with Gasteiger partial charge in [-0.15, -0.1) is 0 Å². The van der Waals surface area contributed by atoms with Gasteiger partial charge in [-0.2, -0.15) is 4.39 Å². The quantitative estimate of drug-likeness (QED) is 0.431. The zero-order valence-corrected chi connectivity index (χ0v) is 18.9. The van der Waals surface area contributed by atoms with Crippen molar-refractivity contribution in [1.29, 1.82) is 0 Å². The highest BCUT2D eigenvalue weighted by Gasteiger charge is 2.26. The van der Waals surface area contributed by atoms with Crippen LogP contribution in [0.5, 0.6) is 0 Å². The van der Waals surface area contributed by atoms with Gasteiger partial charge in [0.1, 0.15) is 22.5 Å². The number of nitrogens with one attached hydrogen (secondary N) is 2. The van der Waals surface area contributed by atoms with Gasteiger partial charge < -0.3 is 19.6 Å². The van der Waals surface area contributed by atoms with Crippen LogP contribution in [-0.4, -0.2) is 57.4 Å². The van der Waals surface area contributed by atoms with Crippen molar-refractivity contribution in [2.45, 2.75) is 25.4 Å². The van der Waals surface area contributed by atoms with E-state index >= 15 is 0 Å². The number of amides is 1. The van der Waals surface area contributed by atoms with Crippen LogP contribution in [0.25, 0.3) is 16.6 Å². The molecule has 1 amide bonds. The maximum atomic E-state index is 15.0. The lowest BCUT2D eigenvalue weighted by Gasteiger charge is -2.36. The van der Waals surface area contributed by atoms with E-state index < -0.39 is 11.8 Å². The summed E-state index contributed by atoms with van der Waals surface area (Å²) in [4.78, 5) is 35.1. The molecule has 1 aliphatic heterocycles. The lowest BCUT2D eigenvalue weighted by atomic mass is 10.1. The first-order chi connectivity index (χ1) is 17.0. The molecule has 10 heteroatoms. The fourth-order valence-electron chi connectivity index (χ4n) is 4.72. The number of carbonyl (C=O) groups excluding carboxylic acids is 1. The smallest absolute Gasteiger partial charge is 0.272 e. The Hall–Kier alpha value is -3.79. The topological polar surface area (TPSA) is 85.7 Å². The van der Waals surface area contributed by atoms with Gasteiger partial charge >= 0.3 is 0 Å². The second kappa shape index (κ2) is 8.46. The molecule has 0 spiro atoms. The molecule has 2 fully saturated rings. The number of H-pyrrole nitrogens is 1. The molecule has 4 heterocycles. The van der Waals surface area contributed by atoms with Gasteiger partial charge in [-0.25, -0.2) is 9.37 Å². The molecule has 8 nitrogen and oxygen atoms in total. The van der Waals surface area contributed by atoms with E-state index in [9.17, 15) is 18.4 Å². The number of rotatable bonds is 5. The summed E-state index contributed by atoms with van der Waals surface area (Å²) in [6, 6.07) is 10.0. The van der Waals surface area contributed by atoms with E-state index in [0.717, 1.165) is 18.4 Å². The number of fused-ring (bicyclic) bond motifs is 3. The van der Waals surface area contributed by atoms with Gasteiger partial charge in [0.25, 0.3) is 11.5 Å². The van der Waals surface area contributed by atoms with Crippen LogP contribution in [0.3, 0.4) is 0 Å². The number of aromatic nitrogens is 3. The molecular formula is C25H24F2N6O2. The highest BCUT2D eigenvalue weighted by molar-refractivity contribution is 5.92. The lowest BCUT2D eigenvalue weighted by molar-refractivity contribution is 0.0945. The number of nitrogens with zero attached hydrogens (tertiary/aromatic N) is 4. The van der Waals surface area contributed by atoms with Crippen LogP contribution in [0.4, 0.5) is 14.5 Å². The first kappa shape index (κ1) is 21.7. The van der Waals surface area contributed by atoms with E-state index in [2.05, 4.69) is 20.2 Å². The Bertz CT molecular complexity index is 1500. The van der Waals surface area contributed by atoms with E-state index in [-0.39, 0.29) is 23.2 Å². The van der Waals surface area contributed by atoms with Crippen molar-refractivity contribution in [1.82, 2.24) is 24.6 Å². The van der Waals surface area contributed by atoms with E-state index in [4.69, 9.17) is 0 Å². The lowest BCUT2D eigenvalue weighted by Crippen LogP contribution is -2.46. The molecule has 0 bridgehead atoms. The molecule has 1 aliphatic carbocycles. The molecule has 180 valence electrons. The van der Waals surface area contributed by atoms with Crippen LogP contribution in [0.1, 0.15) is 28.9 Å². The minimum absolute atomic E-state index is 0.0883. The highest BCUT2D eigenvalue weighted by atomic mass is 19.1. The molecule has 1 saturated carbocycles. The van der Waals surface area contributed by atoms with Crippen LogP contribution in [0.2, 0.25) is 0 Å². The van der Waals surface area contributed by atoms with Crippen molar-refractivity contribution in [2.75, 3.05) is 31.1 Å². The molecular weight excluding hydrogens is 454 g/mol. The second-order valence-electron chi connectivity index (χ2n) is 9.21. The highest BCUT2D eigenvalue weighted by Crippen LogP contribution is 2.24. The number of halogens is 2. The summed E-state index contributed by atoms with van der Waals surface area (Å²) in [5.74, 6) is -1.39. The summed E-state index contributed by atoms with van der Waals surface area (Å²) < 4.78 is 31.2. The number of hydrogen-bond donors (Lipinski definition) is 2. The number of aromatic amines is 1. The summed E-state index contributed by atoms with van der Waals surface area (Å²) in [6.07, 6.45) is 3.59. The Labute approximate surface area is 199 Å². The molecule has 6 rings (SSSR count). The number of anilines is 1. The van der Waals surface area contributed by atoms with Gasteiger partial charge in [0.15, 0.2) is 0 Å². The third-order valence-corrected chi connectivity index (χ3v) is 6.69. The summed E-state index contributed by atoms with van der Waals surface area (Å²) in [6.45, 7) is 2.95. The van der Waals surface area contributed by atoms with Gasteiger partial charge in [0.05, 0.1) is 11.2 Å². The zero-order chi connectivity index (χ0) is 24.1. The zero-order valence-electron chi connectivity index (χ0n) is 18.9. The minimum atomic E-state index is -0.654. The third-order valence-electron chi connectivity index (χ3n) is 6.69. The Balaban J connectivity index is 1.14. The minimum Gasteiger partial charge on any atom is -0.365 e. The molecule has 3 aromatic heterocycles. The predicted molar refractivity (Wildman–Crippen MR) is 128 cm³/mol. The molecule has 35 heavy (non-hydrogen) atoms. The summed E-state index contributed by atoms with van der Waals surface area (Å²) in [7, 11) is 0. The van der Waals surface area contributed by atoms with Crippen molar-refractivity contribution >= 4 is 28.1 Å². The number of carbonyl (C=O) groups is 1. The van der Waals surface area contributed by atoms with E-state index in [1.54, 1.807) is 40.9 Å². The van der Waals surface area contributed by atoms with Crippen molar-refractivity contribution in [3.63, 3.8) is 0 Å². The monoisotopic (exact) mass is 478 g/mol. The molecule has 0 unspecified atom stereocenters. The van der Waals surface area contributed by atoms with Gasteiger partial charge in [0.2, 0.25) is 5.95 Å². The van der Waals surface area contributed by atoms with Crippen molar-refractivity contribution in [3.05, 3.63) is 76.0 Å². The fraction of sp³-hybridized carbons (Fsp3) is 0.320. The Morgan fingerprint density at radius 3 is 2.66 bits per heavy atom. The Morgan fingerprint density at radius 2 is 1.91 bits per heavy atom. The molecule has 2 aliphatic rings. The molecule has 2 N–H and O–H groups in total. The SMILES string of the molecule is O=C(NC1CC1)c1ccc(N2CCN(Cc3cc(F)c4c(c3)[nH]c(=O)c3cccn34)CC2)c(F)n1.